The Morgan fingerprint density at radius 1 is 1.17 bits per heavy atom. The second kappa shape index (κ2) is 13.2. The molecule has 2 atom stereocenters. The molecule has 2 aliphatic rings. The van der Waals surface area contributed by atoms with Crippen molar-refractivity contribution in [1.29, 1.82) is 0 Å². The first-order valence-corrected chi connectivity index (χ1v) is 16.7. The fourth-order valence-electron chi connectivity index (χ4n) is 6.27. The first kappa shape index (κ1) is 33.7. The third-order valence-electron chi connectivity index (χ3n) is 8.99. The summed E-state index contributed by atoms with van der Waals surface area (Å²) in [7, 11) is 0.363. The maximum atomic E-state index is 14.2. The predicted octanol–water partition coefficient (Wildman–Crippen LogP) is 6.77. The van der Waals surface area contributed by atoms with Crippen LogP contribution in [-0.4, -0.2) is 56.2 Å². The van der Waals surface area contributed by atoms with Gasteiger partial charge in [-0.3, -0.25) is 9.36 Å². The van der Waals surface area contributed by atoms with Gasteiger partial charge in [-0.2, -0.15) is 18.2 Å². The lowest BCUT2D eigenvalue weighted by molar-refractivity contribution is -0.137. The van der Waals surface area contributed by atoms with E-state index in [4.69, 9.17) is 4.74 Å². The fraction of sp³-hybridized carbons (Fsp3) is 0.469. The van der Waals surface area contributed by atoms with Crippen molar-refractivity contribution in [3.63, 3.8) is 0 Å². The van der Waals surface area contributed by atoms with Gasteiger partial charge in [0.15, 0.2) is 8.03 Å². The van der Waals surface area contributed by atoms with Gasteiger partial charge >= 0.3 is 6.18 Å². The van der Waals surface area contributed by atoms with Crippen LogP contribution in [0.1, 0.15) is 84.5 Å². The minimum atomic E-state index is -4.78. The van der Waals surface area contributed by atoms with E-state index in [1.54, 1.807) is 31.3 Å². The van der Waals surface area contributed by atoms with Crippen molar-refractivity contribution in [2.75, 3.05) is 24.8 Å². The van der Waals surface area contributed by atoms with E-state index in [0.29, 0.717) is 55.4 Å². The number of aliphatic hydroxyl groups is 1. The van der Waals surface area contributed by atoms with Crippen molar-refractivity contribution in [3.8, 4) is 5.75 Å². The van der Waals surface area contributed by atoms with Crippen LogP contribution >= 0.6 is 8.03 Å². The molecule has 1 aromatic heterocycles. The van der Waals surface area contributed by atoms with Gasteiger partial charge in [0, 0.05) is 25.4 Å². The summed E-state index contributed by atoms with van der Waals surface area (Å²) in [6, 6.07) is 8.56. The summed E-state index contributed by atoms with van der Waals surface area (Å²) in [5.41, 5.74) is 1.20. The lowest BCUT2D eigenvalue weighted by Gasteiger charge is -2.34. The molecule has 248 valence electrons. The van der Waals surface area contributed by atoms with Crippen LogP contribution in [0.2, 0.25) is 0 Å². The molecule has 3 aromatic rings. The molecule has 4 N–H and O–H groups in total. The van der Waals surface area contributed by atoms with Gasteiger partial charge in [-0.25, -0.2) is 4.98 Å². The van der Waals surface area contributed by atoms with Crippen LogP contribution in [-0.2, 0) is 23.7 Å². The second-order valence-corrected chi connectivity index (χ2v) is 13.9. The molecule has 1 saturated carbocycles. The molecule has 1 fully saturated rings. The zero-order valence-electron chi connectivity index (χ0n) is 26.2. The van der Waals surface area contributed by atoms with Crippen LogP contribution in [0.4, 0.5) is 36.3 Å². The van der Waals surface area contributed by atoms with Crippen molar-refractivity contribution in [2.24, 2.45) is 0 Å². The van der Waals surface area contributed by atoms with Gasteiger partial charge in [-0.05, 0) is 86.3 Å². The number of anilines is 4. The SMILES string of the molecule is CCC(Cc1ccc(Nc2ncc(C(F)(F)F)c(Nc3ccc([C@H]4CC[C@@](C)(O)CC4)c4c3C(=O)N(C)C4)n2)c(OC)c1)[PH](=O)O. The van der Waals surface area contributed by atoms with E-state index in [9.17, 15) is 32.5 Å². The van der Waals surface area contributed by atoms with Gasteiger partial charge in [-0.15, -0.1) is 0 Å². The van der Waals surface area contributed by atoms with Gasteiger partial charge in [0.1, 0.15) is 17.1 Å². The molecule has 0 spiro atoms. The number of rotatable bonds is 10. The summed E-state index contributed by atoms with van der Waals surface area (Å²) in [5, 5.41) is 16.1. The minimum Gasteiger partial charge on any atom is -0.495 e. The molecule has 0 radical (unpaired) electrons. The Hall–Kier alpha value is -3.67. The zero-order chi connectivity index (χ0) is 33.4. The van der Waals surface area contributed by atoms with E-state index >= 15 is 0 Å². The fourth-order valence-corrected chi connectivity index (χ4v) is 7.02. The van der Waals surface area contributed by atoms with Crippen LogP contribution in [0.3, 0.4) is 0 Å². The number of fused-ring (bicyclic) bond motifs is 1. The lowest BCUT2D eigenvalue weighted by Crippen LogP contribution is -2.29. The zero-order valence-corrected chi connectivity index (χ0v) is 27.2. The number of carbonyl (C=O) groups is 1. The molecular weight excluding hydrogens is 622 g/mol. The summed E-state index contributed by atoms with van der Waals surface area (Å²) < 4.78 is 59.6. The number of carbonyl (C=O) groups excluding carboxylic acids is 1. The van der Waals surface area contributed by atoms with E-state index in [-0.39, 0.29) is 29.1 Å². The normalized spacial score (nSPS) is 21.1. The van der Waals surface area contributed by atoms with Gasteiger partial charge in [0.05, 0.1) is 29.6 Å². The third-order valence-corrected chi connectivity index (χ3v) is 10.3. The maximum Gasteiger partial charge on any atom is 0.421 e. The third kappa shape index (κ3) is 7.16. The molecule has 10 nitrogen and oxygen atoms in total. The number of ether oxygens (including phenoxy) is 1. The Kier molecular flexibility index (Phi) is 9.68. The largest absolute Gasteiger partial charge is 0.495 e. The molecule has 0 saturated heterocycles. The summed E-state index contributed by atoms with van der Waals surface area (Å²) in [4.78, 5) is 32.5. The molecule has 5 rings (SSSR count). The Morgan fingerprint density at radius 3 is 2.50 bits per heavy atom. The average Bonchev–Trinajstić information content (AvgIpc) is 3.30. The smallest absolute Gasteiger partial charge is 0.421 e. The van der Waals surface area contributed by atoms with E-state index < -0.39 is 31.2 Å². The maximum absolute atomic E-state index is 14.2. The quantitative estimate of drug-likeness (QED) is 0.174. The Morgan fingerprint density at radius 2 is 1.87 bits per heavy atom. The molecule has 1 amide bonds. The second-order valence-electron chi connectivity index (χ2n) is 12.4. The first-order valence-electron chi connectivity index (χ1n) is 15.2. The van der Waals surface area contributed by atoms with Gasteiger partial charge in [-0.1, -0.05) is 19.1 Å². The van der Waals surface area contributed by atoms with Crippen molar-refractivity contribution in [3.05, 3.63) is 64.3 Å². The number of halogens is 3. The number of hydrogen-bond acceptors (Lipinski definition) is 8. The molecule has 1 aliphatic carbocycles. The van der Waals surface area contributed by atoms with Crippen molar-refractivity contribution in [1.82, 2.24) is 14.9 Å². The number of methoxy groups -OCH3 is 1. The Labute approximate surface area is 266 Å². The van der Waals surface area contributed by atoms with Crippen LogP contribution in [0, 0.1) is 0 Å². The summed E-state index contributed by atoms with van der Waals surface area (Å²) in [6.45, 7) is 3.99. The molecule has 14 heteroatoms. The highest BCUT2D eigenvalue weighted by Gasteiger charge is 2.38. The van der Waals surface area contributed by atoms with Gasteiger partial charge in [0.25, 0.3) is 5.91 Å². The molecule has 46 heavy (non-hydrogen) atoms. The summed E-state index contributed by atoms with van der Waals surface area (Å²) in [6.07, 6.45) is -0.469. The van der Waals surface area contributed by atoms with Crippen LogP contribution in [0.15, 0.2) is 36.5 Å². The van der Waals surface area contributed by atoms with E-state index in [0.717, 1.165) is 29.5 Å². The topological polar surface area (TPSA) is 137 Å². The number of alkyl halides is 3. The number of nitrogens with one attached hydrogen (secondary N) is 2. The number of aromatic nitrogens is 2. The first-order chi connectivity index (χ1) is 21.7. The van der Waals surface area contributed by atoms with Gasteiger partial charge < -0.3 is 30.3 Å². The monoisotopic (exact) mass is 661 g/mol. The highest BCUT2D eigenvalue weighted by molar-refractivity contribution is 7.38. The van der Waals surface area contributed by atoms with Crippen LogP contribution in [0.5, 0.6) is 5.75 Å². The molecule has 2 unspecified atom stereocenters. The standard InChI is InChI=1S/C32H39F3N5O5P/c1-5-20(46(43)44)14-18-6-8-24(26(15-18)45-4)38-30-36-16-23(32(33,34)35)28(39-30)37-25-9-7-21(19-10-12-31(2,42)13-11-19)22-17-40(3)29(41)27(22)25/h6-9,15-16,19-20,42,46H,5,10-14,17H2,1-4H3,(H,43,44)(H2,36,37,38,39)/t19-,20?,31+. The molecule has 1 aliphatic heterocycles. The van der Waals surface area contributed by atoms with Gasteiger partial charge in [0.2, 0.25) is 5.95 Å². The molecule has 0 bridgehead atoms. The summed E-state index contributed by atoms with van der Waals surface area (Å²) >= 11 is 0. The van der Waals surface area contributed by atoms with E-state index in [2.05, 4.69) is 20.6 Å². The highest BCUT2D eigenvalue weighted by atomic mass is 31.1. The van der Waals surface area contributed by atoms with E-state index in [1.807, 2.05) is 19.9 Å². The molecular formula is C32H39F3N5O5P. The number of nitrogens with zero attached hydrogens (tertiary/aromatic N) is 3. The van der Waals surface area contributed by atoms with Crippen molar-refractivity contribution in [2.45, 2.75) is 82.3 Å². The molecule has 2 aromatic carbocycles. The number of benzene rings is 2. The van der Waals surface area contributed by atoms with Crippen molar-refractivity contribution < 1.29 is 37.3 Å². The lowest BCUT2D eigenvalue weighted by atomic mass is 9.75. The number of hydrogen-bond donors (Lipinski definition) is 4. The average molecular weight is 662 g/mol. The minimum absolute atomic E-state index is 0.129. The molecule has 2 heterocycles. The van der Waals surface area contributed by atoms with Crippen LogP contribution in [0.25, 0.3) is 0 Å². The Balaban J connectivity index is 1.47. The van der Waals surface area contributed by atoms with E-state index in [1.165, 1.54) is 12.0 Å². The predicted molar refractivity (Wildman–Crippen MR) is 170 cm³/mol. The van der Waals surface area contributed by atoms with Crippen molar-refractivity contribution >= 4 is 37.1 Å². The highest BCUT2D eigenvalue weighted by Crippen LogP contribution is 2.44. The Bertz CT molecular complexity index is 1640. The number of amides is 1. The summed E-state index contributed by atoms with van der Waals surface area (Å²) in [5.74, 6) is -0.479. The van der Waals surface area contributed by atoms with Crippen LogP contribution < -0.4 is 15.4 Å².